The Balaban J connectivity index is 1.95. The first-order chi connectivity index (χ1) is 8.17. The van der Waals surface area contributed by atoms with Crippen molar-refractivity contribution >= 4 is 11.6 Å². The fourth-order valence-corrected chi connectivity index (χ4v) is 2.38. The molecule has 0 bridgehead atoms. The maximum absolute atomic E-state index is 9.23. The average molecular weight is 256 g/mol. The van der Waals surface area contributed by atoms with Gasteiger partial charge in [-0.2, -0.15) is 0 Å². The molecule has 4 heteroatoms. The second-order valence-corrected chi connectivity index (χ2v) is 4.89. The molecule has 94 valence electrons. The van der Waals surface area contributed by atoms with E-state index in [9.17, 15) is 5.11 Å². The Labute approximate surface area is 107 Å². The summed E-state index contributed by atoms with van der Waals surface area (Å²) in [6, 6.07) is 7.34. The minimum atomic E-state index is 0.123. The van der Waals surface area contributed by atoms with Gasteiger partial charge in [0.05, 0.1) is 12.2 Å². The molecule has 2 unspecified atom stereocenters. The Hall–Kier alpha value is -0.770. The Bertz CT molecular complexity index is 355. The van der Waals surface area contributed by atoms with Crippen molar-refractivity contribution < 1.29 is 9.84 Å². The van der Waals surface area contributed by atoms with E-state index >= 15 is 0 Å². The lowest BCUT2D eigenvalue weighted by Crippen LogP contribution is -2.46. The lowest BCUT2D eigenvalue weighted by Gasteiger charge is -2.36. The number of aromatic hydroxyl groups is 1. The molecule has 3 nitrogen and oxygen atoms in total. The Morgan fingerprint density at radius 2 is 2.06 bits per heavy atom. The van der Waals surface area contributed by atoms with Gasteiger partial charge < -0.3 is 9.84 Å². The summed E-state index contributed by atoms with van der Waals surface area (Å²) in [6.45, 7) is 4.74. The molecule has 0 amide bonds. The molecular formula is C13H18ClNO2. The van der Waals surface area contributed by atoms with Crippen molar-refractivity contribution in [3.05, 3.63) is 29.8 Å². The van der Waals surface area contributed by atoms with Gasteiger partial charge in [-0.1, -0.05) is 12.1 Å². The molecule has 2 rings (SSSR count). The largest absolute Gasteiger partial charge is 0.508 e. The zero-order valence-corrected chi connectivity index (χ0v) is 10.7. The molecule has 17 heavy (non-hydrogen) atoms. The highest BCUT2D eigenvalue weighted by atomic mass is 35.5. The van der Waals surface area contributed by atoms with Gasteiger partial charge in [-0.15, -0.1) is 11.6 Å². The minimum Gasteiger partial charge on any atom is -0.508 e. The molecule has 0 aromatic heterocycles. The lowest BCUT2D eigenvalue weighted by atomic mass is 10.1. The van der Waals surface area contributed by atoms with Gasteiger partial charge in [-0.3, -0.25) is 4.90 Å². The smallest absolute Gasteiger partial charge is 0.115 e. The second-order valence-electron chi connectivity index (χ2n) is 4.58. The van der Waals surface area contributed by atoms with E-state index in [2.05, 4.69) is 11.8 Å². The molecular weight excluding hydrogens is 238 g/mol. The summed E-state index contributed by atoms with van der Waals surface area (Å²) in [5.74, 6) is 0.846. The summed E-state index contributed by atoms with van der Waals surface area (Å²) < 4.78 is 5.71. The summed E-state index contributed by atoms with van der Waals surface area (Å²) in [4.78, 5) is 2.34. The zero-order valence-electron chi connectivity index (χ0n) is 9.97. The zero-order chi connectivity index (χ0) is 12.3. The number of phenols is 1. The van der Waals surface area contributed by atoms with Gasteiger partial charge in [0.25, 0.3) is 0 Å². The van der Waals surface area contributed by atoms with Crippen molar-refractivity contribution in [2.75, 3.05) is 19.0 Å². The van der Waals surface area contributed by atoms with E-state index in [1.54, 1.807) is 12.1 Å². The fourth-order valence-electron chi connectivity index (χ4n) is 2.21. The number of nitrogens with zero attached hydrogens (tertiary/aromatic N) is 1. The summed E-state index contributed by atoms with van der Waals surface area (Å²) in [6.07, 6.45) is 0.349. The topological polar surface area (TPSA) is 32.7 Å². The van der Waals surface area contributed by atoms with Gasteiger partial charge >= 0.3 is 0 Å². The van der Waals surface area contributed by atoms with Crippen LogP contribution in [0.1, 0.15) is 12.5 Å². The molecule has 1 aliphatic rings. The van der Waals surface area contributed by atoms with Crippen LogP contribution in [0, 0.1) is 0 Å². The predicted octanol–water partition coefficient (Wildman–Crippen LogP) is 2.22. The number of hydrogen-bond acceptors (Lipinski definition) is 3. The van der Waals surface area contributed by atoms with Gasteiger partial charge in [-0.25, -0.2) is 0 Å². The Morgan fingerprint density at radius 1 is 1.35 bits per heavy atom. The van der Waals surface area contributed by atoms with Gasteiger partial charge in [0, 0.05) is 25.5 Å². The number of morpholine rings is 1. The SMILES string of the molecule is CC1CN(Cc2ccc(O)cc2)CC(CCl)O1. The first-order valence-electron chi connectivity index (χ1n) is 5.89. The van der Waals surface area contributed by atoms with Gasteiger partial charge in [0.15, 0.2) is 0 Å². The second kappa shape index (κ2) is 5.71. The van der Waals surface area contributed by atoms with Crippen molar-refractivity contribution in [3.63, 3.8) is 0 Å². The van der Waals surface area contributed by atoms with E-state index in [1.165, 1.54) is 5.56 Å². The van der Waals surface area contributed by atoms with Crippen LogP contribution in [-0.2, 0) is 11.3 Å². The van der Waals surface area contributed by atoms with Crippen LogP contribution in [0.25, 0.3) is 0 Å². The van der Waals surface area contributed by atoms with Crippen molar-refractivity contribution in [1.29, 1.82) is 0 Å². The Kier molecular flexibility index (Phi) is 4.26. The first-order valence-corrected chi connectivity index (χ1v) is 6.42. The van der Waals surface area contributed by atoms with Crippen LogP contribution in [0.5, 0.6) is 5.75 Å². The molecule has 2 atom stereocenters. The van der Waals surface area contributed by atoms with Crippen LogP contribution in [-0.4, -0.2) is 41.2 Å². The van der Waals surface area contributed by atoms with E-state index in [1.807, 2.05) is 12.1 Å². The number of benzene rings is 1. The highest BCUT2D eigenvalue weighted by Gasteiger charge is 2.24. The molecule has 1 aromatic rings. The minimum absolute atomic E-state index is 0.123. The third-order valence-electron chi connectivity index (χ3n) is 2.92. The van der Waals surface area contributed by atoms with E-state index in [0.717, 1.165) is 19.6 Å². The van der Waals surface area contributed by atoms with Crippen LogP contribution >= 0.6 is 11.6 Å². The molecule has 0 spiro atoms. The highest BCUT2D eigenvalue weighted by molar-refractivity contribution is 6.18. The third-order valence-corrected chi connectivity index (χ3v) is 3.26. The first kappa shape index (κ1) is 12.7. The maximum atomic E-state index is 9.23. The van der Waals surface area contributed by atoms with E-state index in [-0.39, 0.29) is 12.2 Å². The van der Waals surface area contributed by atoms with E-state index in [4.69, 9.17) is 16.3 Å². The number of ether oxygens (including phenoxy) is 1. The van der Waals surface area contributed by atoms with Crippen LogP contribution in [0.4, 0.5) is 0 Å². The monoisotopic (exact) mass is 255 g/mol. The van der Waals surface area contributed by atoms with Crippen LogP contribution in [0.15, 0.2) is 24.3 Å². The van der Waals surface area contributed by atoms with E-state index < -0.39 is 0 Å². The molecule has 0 radical (unpaired) electrons. The number of phenolic OH excluding ortho intramolecular Hbond substituents is 1. The molecule has 1 heterocycles. The predicted molar refractivity (Wildman–Crippen MR) is 68.4 cm³/mol. The quantitative estimate of drug-likeness (QED) is 0.841. The van der Waals surface area contributed by atoms with Crippen LogP contribution in [0.2, 0.25) is 0 Å². The summed E-state index contributed by atoms with van der Waals surface area (Å²) in [5.41, 5.74) is 1.20. The third kappa shape index (κ3) is 3.60. The molecule has 1 N–H and O–H groups in total. The number of hydrogen-bond donors (Lipinski definition) is 1. The van der Waals surface area contributed by atoms with Crippen molar-refractivity contribution in [1.82, 2.24) is 4.90 Å². The number of rotatable bonds is 3. The van der Waals surface area contributed by atoms with Crippen molar-refractivity contribution in [2.45, 2.75) is 25.7 Å². The van der Waals surface area contributed by atoms with Gasteiger partial charge in [-0.05, 0) is 24.6 Å². The van der Waals surface area contributed by atoms with Crippen LogP contribution in [0.3, 0.4) is 0 Å². The molecule has 1 aliphatic heterocycles. The maximum Gasteiger partial charge on any atom is 0.115 e. The average Bonchev–Trinajstić information content (AvgIpc) is 2.31. The van der Waals surface area contributed by atoms with Crippen LogP contribution < -0.4 is 0 Å². The highest BCUT2D eigenvalue weighted by Crippen LogP contribution is 2.16. The molecule has 1 saturated heterocycles. The van der Waals surface area contributed by atoms with E-state index in [0.29, 0.717) is 11.6 Å². The Morgan fingerprint density at radius 3 is 2.71 bits per heavy atom. The van der Waals surface area contributed by atoms with Gasteiger partial charge in [0.2, 0.25) is 0 Å². The summed E-state index contributed by atoms with van der Waals surface area (Å²) in [7, 11) is 0. The lowest BCUT2D eigenvalue weighted by molar-refractivity contribution is -0.0688. The molecule has 1 aromatic carbocycles. The standard InChI is InChI=1S/C13H18ClNO2/c1-10-7-15(9-13(6-14)17-10)8-11-2-4-12(16)5-3-11/h2-5,10,13,16H,6-9H2,1H3. The van der Waals surface area contributed by atoms with Crippen molar-refractivity contribution in [3.8, 4) is 5.75 Å². The molecule has 1 fully saturated rings. The number of halogens is 1. The fraction of sp³-hybridized carbons (Fsp3) is 0.538. The number of alkyl halides is 1. The molecule has 0 aliphatic carbocycles. The van der Waals surface area contributed by atoms with Crippen molar-refractivity contribution in [2.24, 2.45) is 0 Å². The summed E-state index contributed by atoms with van der Waals surface area (Å²) >= 11 is 5.85. The summed E-state index contributed by atoms with van der Waals surface area (Å²) in [5, 5.41) is 9.23. The van der Waals surface area contributed by atoms with Gasteiger partial charge in [0.1, 0.15) is 5.75 Å². The normalized spacial score (nSPS) is 26.0. The molecule has 0 saturated carbocycles.